The third-order valence-corrected chi connectivity index (χ3v) is 8.16. The van der Waals surface area contributed by atoms with Gasteiger partial charge in [0.05, 0.1) is 4.75 Å². The number of anilines is 1. The molecule has 1 saturated carbocycles. The van der Waals surface area contributed by atoms with Crippen molar-refractivity contribution in [3.63, 3.8) is 0 Å². The van der Waals surface area contributed by atoms with Gasteiger partial charge in [-0.05, 0) is 81.9 Å². The molecule has 6 heteroatoms. The maximum Gasteiger partial charge on any atom is 0.255 e. The Morgan fingerprint density at radius 2 is 1.66 bits per heavy atom. The minimum Gasteiger partial charge on any atom is -0.322 e. The average molecular weight is 461 g/mol. The van der Waals surface area contributed by atoms with E-state index in [1.165, 1.54) is 24.8 Å². The van der Waals surface area contributed by atoms with Crippen LogP contribution in [-0.4, -0.2) is 25.6 Å². The summed E-state index contributed by atoms with van der Waals surface area (Å²) in [6.07, 6.45) is 9.64. The Morgan fingerprint density at radius 1 is 1.06 bits per heavy atom. The molecule has 178 valence electrons. The van der Waals surface area contributed by atoms with Crippen LogP contribution in [0.5, 0.6) is 0 Å². The van der Waals surface area contributed by atoms with Crippen molar-refractivity contribution >= 4 is 21.6 Å². The lowest BCUT2D eigenvalue weighted by atomic mass is 9.74. The predicted molar refractivity (Wildman–Crippen MR) is 134 cm³/mol. The molecule has 1 aromatic carbocycles. The molecular formula is C26H40N2O3S. The van der Waals surface area contributed by atoms with Crippen molar-refractivity contribution in [1.29, 1.82) is 0 Å². The zero-order valence-corrected chi connectivity index (χ0v) is 21.3. The number of amides is 1. The largest absolute Gasteiger partial charge is 0.322 e. The summed E-state index contributed by atoms with van der Waals surface area (Å²) in [5.74, 6) is 1.90. The van der Waals surface area contributed by atoms with E-state index in [9.17, 15) is 13.2 Å². The van der Waals surface area contributed by atoms with Crippen LogP contribution in [0.4, 0.5) is 5.69 Å². The molecule has 0 aliphatic heterocycles. The van der Waals surface area contributed by atoms with Gasteiger partial charge in [0.1, 0.15) is 0 Å². The van der Waals surface area contributed by atoms with Crippen molar-refractivity contribution in [3.05, 3.63) is 53.6 Å². The van der Waals surface area contributed by atoms with Crippen LogP contribution < -0.4 is 10.0 Å². The zero-order valence-electron chi connectivity index (χ0n) is 20.4. The minimum atomic E-state index is -3.42. The number of rotatable bonds is 8. The van der Waals surface area contributed by atoms with E-state index in [0.29, 0.717) is 17.9 Å². The summed E-state index contributed by atoms with van der Waals surface area (Å²) in [5.41, 5.74) is 2.62. The quantitative estimate of drug-likeness (QED) is 0.382. The molecular weight excluding hydrogens is 420 g/mol. The first-order chi connectivity index (χ1) is 14.9. The van der Waals surface area contributed by atoms with E-state index in [4.69, 9.17) is 0 Å². The van der Waals surface area contributed by atoms with E-state index in [-0.39, 0.29) is 12.5 Å². The highest BCUT2D eigenvalue weighted by atomic mass is 32.2. The fourth-order valence-electron chi connectivity index (χ4n) is 4.28. The first-order valence-electron chi connectivity index (χ1n) is 11.7. The molecule has 1 fully saturated rings. The highest BCUT2D eigenvalue weighted by molar-refractivity contribution is 7.90. The van der Waals surface area contributed by atoms with Crippen LogP contribution >= 0.6 is 0 Å². The van der Waals surface area contributed by atoms with Crippen molar-refractivity contribution in [2.75, 3.05) is 11.9 Å². The number of carbonyl (C=O) groups is 1. The fraction of sp³-hybridized carbons (Fsp3) is 0.577. The molecule has 1 aliphatic rings. The summed E-state index contributed by atoms with van der Waals surface area (Å²) in [6.45, 7) is 11.7. The summed E-state index contributed by atoms with van der Waals surface area (Å²) in [5, 5.41) is 2.96. The second kappa shape index (κ2) is 11.3. The maximum atomic E-state index is 12.8. The standard InChI is InChI=1S/C26H40N2O3S/c1-7-9-22(10-8-15-27-32(30,31)26(4,5)6)25(29)28-24-13-11-21(12-14-24)23-17-19(2)16-20(3)18-23/h8-14,19-20,23,27H,7,15-18H2,1-6H3,(H,28,29)/b10-8-,22-9+. The van der Waals surface area contributed by atoms with Gasteiger partial charge in [-0.15, -0.1) is 0 Å². The monoisotopic (exact) mass is 460 g/mol. The molecule has 5 nitrogen and oxygen atoms in total. The Balaban J connectivity index is 1.98. The molecule has 2 unspecified atom stereocenters. The molecule has 32 heavy (non-hydrogen) atoms. The van der Waals surface area contributed by atoms with Crippen molar-refractivity contribution in [3.8, 4) is 0 Å². The number of hydrogen-bond donors (Lipinski definition) is 2. The van der Waals surface area contributed by atoms with Gasteiger partial charge in [-0.3, -0.25) is 4.79 Å². The number of benzene rings is 1. The molecule has 0 spiro atoms. The van der Waals surface area contributed by atoms with Crippen LogP contribution in [0.2, 0.25) is 0 Å². The Labute approximate surface area is 194 Å². The van der Waals surface area contributed by atoms with Gasteiger partial charge < -0.3 is 5.32 Å². The van der Waals surface area contributed by atoms with Gasteiger partial charge in [0.25, 0.3) is 5.91 Å². The van der Waals surface area contributed by atoms with Crippen LogP contribution in [0.15, 0.2) is 48.1 Å². The van der Waals surface area contributed by atoms with E-state index >= 15 is 0 Å². The van der Waals surface area contributed by atoms with Gasteiger partial charge in [0, 0.05) is 17.8 Å². The normalized spacial score (nSPS) is 22.8. The molecule has 1 amide bonds. The van der Waals surface area contributed by atoms with E-state index in [1.807, 2.05) is 25.1 Å². The van der Waals surface area contributed by atoms with Crippen LogP contribution in [0, 0.1) is 11.8 Å². The fourth-order valence-corrected chi connectivity index (χ4v) is 5.03. The first-order valence-corrected chi connectivity index (χ1v) is 13.2. The molecule has 2 atom stereocenters. The summed E-state index contributed by atoms with van der Waals surface area (Å²) in [4.78, 5) is 12.8. The molecule has 0 aromatic heterocycles. The Hall–Kier alpha value is -1.92. The smallest absolute Gasteiger partial charge is 0.255 e. The number of sulfonamides is 1. The summed E-state index contributed by atoms with van der Waals surface area (Å²) in [6, 6.07) is 8.21. The van der Waals surface area contributed by atoms with Crippen LogP contribution in [0.1, 0.15) is 78.7 Å². The zero-order chi connectivity index (χ0) is 23.9. The van der Waals surface area contributed by atoms with Gasteiger partial charge in [-0.25, -0.2) is 13.1 Å². The Bertz CT molecular complexity index is 915. The molecule has 2 N–H and O–H groups in total. The Morgan fingerprint density at radius 3 is 2.19 bits per heavy atom. The minimum absolute atomic E-state index is 0.140. The molecule has 0 radical (unpaired) electrons. The second-order valence-electron chi connectivity index (χ2n) is 10.1. The lowest BCUT2D eigenvalue weighted by molar-refractivity contribution is -0.112. The number of allylic oxidation sites excluding steroid dienone is 1. The third kappa shape index (κ3) is 7.59. The van der Waals surface area contributed by atoms with Gasteiger partial charge in [-0.2, -0.15) is 0 Å². The second-order valence-corrected chi connectivity index (χ2v) is 12.6. The summed E-state index contributed by atoms with van der Waals surface area (Å²) < 4.78 is 26.0. The van der Waals surface area contributed by atoms with E-state index in [1.54, 1.807) is 32.9 Å². The van der Waals surface area contributed by atoms with E-state index in [0.717, 1.165) is 17.5 Å². The van der Waals surface area contributed by atoms with Crippen molar-refractivity contribution in [2.45, 2.75) is 77.9 Å². The van der Waals surface area contributed by atoms with Crippen molar-refractivity contribution < 1.29 is 13.2 Å². The first kappa shape index (κ1) is 26.3. The molecule has 1 aromatic rings. The van der Waals surface area contributed by atoms with Crippen molar-refractivity contribution in [2.24, 2.45) is 11.8 Å². The van der Waals surface area contributed by atoms with Crippen LogP contribution in [0.3, 0.4) is 0 Å². The van der Waals surface area contributed by atoms with E-state index < -0.39 is 14.8 Å². The maximum absolute atomic E-state index is 12.8. The third-order valence-electron chi connectivity index (χ3n) is 6.00. The van der Waals surface area contributed by atoms with Gasteiger partial charge in [0.15, 0.2) is 0 Å². The molecule has 0 heterocycles. The lowest BCUT2D eigenvalue weighted by Gasteiger charge is -2.31. The summed E-state index contributed by atoms with van der Waals surface area (Å²) >= 11 is 0. The molecule has 0 saturated heterocycles. The van der Waals surface area contributed by atoms with Crippen molar-refractivity contribution in [1.82, 2.24) is 4.72 Å². The van der Waals surface area contributed by atoms with E-state index in [2.05, 4.69) is 36.0 Å². The SMILES string of the molecule is CC/C=C(\C=C/CNS(=O)(=O)C(C)(C)C)C(=O)Nc1ccc(C2CC(C)CC(C)C2)cc1. The predicted octanol–water partition coefficient (Wildman–Crippen LogP) is 5.78. The summed E-state index contributed by atoms with van der Waals surface area (Å²) in [7, 11) is -3.42. The van der Waals surface area contributed by atoms with Crippen LogP contribution in [-0.2, 0) is 14.8 Å². The molecule has 1 aliphatic carbocycles. The highest BCUT2D eigenvalue weighted by Crippen LogP contribution is 2.39. The highest BCUT2D eigenvalue weighted by Gasteiger charge is 2.28. The van der Waals surface area contributed by atoms with Gasteiger partial charge in [-0.1, -0.05) is 51.1 Å². The van der Waals surface area contributed by atoms with Gasteiger partial charge in [0.2, 0.25) is 10.0 Å². The van der Waals surface area contributed by atoms with Gasteiger partial charge >= 0.3 is 0 Å². The average Bonchev–Trinajstić information content (AvgIpc) is 2.69. The Kier molecular flexibility index (Phi) is 9.28. The number of nitrogens with one attached hydrogen (secondary N) is 2. The number of hydrogen-bond acceptors (Lipinski definition) is 3. The lowest BCUT2D eigenvalue weighted by Crippen LogP contribution is -2.39. The molecule has 0 bridgehead atoms. The molecule has 2 rings (SSSR count). The topological polar surface area (TPSA) is 75.3 Å². The van der Waals surface area contributed by atoms with Crippen LogP contribution in [0.25, 0.3) is 0 Å². The number of carbonyl (C=O) groups excluding carboxylic acids is 1.